The van der Waals surface area contributed by atoms with E-state index < -0.39 is 0 Å². The second-order valence-corrected chi connectivity index (χ2v) is 7.77. The van der Waals surface area contributed by atoms with Crippen LogP contribution < -0.4 is 5.32 Å². The molecule has 0 aliphatic heterocycles. The molecule has 2 rings (SSSR count). The van der Waals surface area contributed by atoms with E-state index in [1.165, 1.54) is 9.75 Å². The van der Waals surface area contributed by atoms with E-state index in [0.29, 0.717) is 5.75 Å². The van der Waals surface area contributed by atoms with Crippen LogP contribution in [0.2, 0.25) is 4.34 Å². The quantitative estimate of drug-likeness (QED) is 0.839. The van der Waals surface area contributed by atoms with Gasteiger partial charge in [-0.25, -0.2) is 0 Å². The van der Waals surface area contributed by atoms with E-state index in [-0.39, 0.29) is 11.9 Å². The third-order valence-electron chi connectivity index (χ3n) is 2.45. The molecule has 0 saturated heterocycles. The largest absolute Gasteiger partial charge is 0.348 e. The van der Waals surface area contributed by atoms with Crippen LogP contribution in [0.4, 0.5) is 0 Å². The lowest BCUT2D eigenvalue weighted by molar-refractivity contribution is -0.119. The average Bonchev–Trinajstić information content (AvgIpc) is 3.00. The standard InChI is InChI=1S/C13H14ClNOS3/c1-9(11-3-2-6-18-11)15-13(16)8-17-7-10-4-5-12(14)19-10/h2-6,9H,7-8H2,1H3,(H,15,16). The molecule has 0 fully saturated rings. The number of thiophene rings is 2. The Morgan fingerprint density at radius 2 is 2.32 bits per heavy atom. The Labute approximate surface area is 130 Å². The molecule has 0 bridgehead atoms. The van der Waals surface area contributed by atoms with Crippen LogP contribution in [0.25, 0.3) is 0 Å². The first-order valence-corrected chi connectivity index (χ1v) is 9.03. The molecule has 0 aromatic carbocycles. The Morgan fingerprint density at radius 1 is 1.47 bits per heavy atom. The van der Waals surface area contributed by atoms with Crippen molar-refractivity contribution in [3.8, 4) is 0 Å². The minimum Gasteiger partial charge on any atom is -0.348 e. The van der Waals surface area contributed by atoms with Crippen molar-refractivity contribution < 1.29 is 4.79 Å². The van der Waals surface area contributed by atoms with Gasteiger partial charge >= 0.3 is 0 Å². The van der Waals surface area contributed by atoms with Crippen molar-refractivity contribution in [2.45, 2.75) is 18.7 Å². The molecule has 0 aliphatic rings. The molecule has 102 valence electrons. The fourth-order valence-electron chi connectivity index (χ4n) is 1.57. The van der Waals surface area contributed by atoms with Crippen molar-refractivity contribution in [2.24, 2.45) is 0 Å². The van der Waals surface area contributed by atoms with Gasteiger partial charge in [0.15, 0.2) is 0 Å². The molecule has 6 heteroatoms. The number of carbonyl (C=O) groups excluding carboxylic acids is 1. The molecular formula is C13H14ClNOS3. The van der Waals surface area contributed by atoms with E-state index in [0.717, 1.165) is 10.1 Å². The van der Waals surface area contributed by atoms with E-state index in [9.17, 15) is 4.79 Å². The maximum Gasteiger partial charge on any atom is 0.230 e. The molecule has 1 N–H and O–H groups in total. The van der Waals surface area contributed by atoms with Crippen LogP contribution >= 0.6 is 46.0 Å². The molecule has 0 spiro atoms. The Balaban J connectivity index is 1.70. The molecule has 2 heterocycles. The fraction of sp³-hybridized carbons (Fsp3) is 0.308. The molecule has 0 saturated carbocycles. The maximum atomic E-state index is 11.8. The van der Waals surface area contributed by atoms with Gasteiger partial charge in [0, 0.05) is 15.5 Å². The second-order valence-electron chi connectivity index (χ2n) is 4.00. The summed E-state index contributed by atoms with van der Waals surface area (Å²) in [5.74, 6) is 1.39. The highest BCUT2D eigenvalue weighted by Gasteiger charge is 2.10. The van der Waals surface area contributed by atoms with Crippen LogP contribution in [0.1, 0.15) is 22.7 Å². The number of rotatable bonds is 6. The lowest BCUT2D eigenvalue weighted by Crippen LogP contribution is -2.27. The normalized spacial score (nSPS) is 12.3. The summed E-state index contributed by atoms with van der Waals surface area (Å²) in [5.41, 5.74) is 0. The first-order valence-electron chi connectivity index (χ1n) is 5.80. The van der Waals surface area contributed by atoms with Crippen molar-refractivity contribution in [1.82, 2.24) is 5.32 Å². The Morgan fingerprint density at radius 3 is 2.95 bits per heavy atom. The van der Waals surface area contributed by atoms with Crippen LogP contribution in [0.3, 0.4) is 0 Å². The monoisotopic (exact) mass is 331 g/mol. The van der Waals surface area contributed by atoms with Gasteiger partial charge in [-0.2, -0.15) is 0 Å². The van der Waals surface area contributed by atoms with Crippen LogP contribution in [-0.2, 0) is 10.5 Å². The first kappa shape index (κ1) is 14.9. The van der Waals surface area contributed by atoms with Crippen molar-refractivity contribution in [1.29, 1.82) is 0 Å². The summed E-state index contributed by atoms with van der Waals surface area (Å²) in [6.07, 6.45) is 0. The highest BCUT2D eigenvalue weighted by molar-refractivity contribution is 7.99. The topological polar surface area (TPSA) is 29.1 Å². The van der Waals surface area contributed by atoms with Crippen molar-refractivity contribution in [3.63, 3.8) is 0 Å². The molecule has 1 atom stereocenters. The molecule has 19 heavy (non-hydrogen) atoms. The smallest absolute Gasteiger partial charge is 0.230 e. The zero-order valence-corrected chi connectivity index (χ0v) is 13.6. The summed E-state index contributed by atoms with van der Waals surface area (Å²) in [6.45, 7) is 2.01. The summed E-state index contributed by atoms with van der Waals surface area (Å²) in [4.78, 5) is 14.2. The van der Waals surface area contributed by atoms with Gasteiger partial charge in [0.05, 0.1) is 16.1 Å². The number of hydrogen-bond acceptors (Lipinski definition) is 4. The average molecular weight is 332 g/mol. The summed E-state index contributed by atoms with van der Waals surface area (Å²) in [7, 11) is 0. The molecule has 1 unspecified atom stereocenters. The van der Waals surface area contributed by atoms with Crippen LogP contribution in [0.15, 0.2) is 29.6 Å². The molecule has 2 aromatic rings. The minimum absolute atomic E-state index is 0.0774. The van der Waals surface area contributed by atoms with E-state index >= 15 is 0 Å². The molecule has 2 nitrogen and oxygen atoms in total. The molecular weight excluding hydrogens is 318 g/mol. The Kier molecular flexibility index (Phi) is 5.76. The highest BCUT2D eigenvalue weighted by atomic mass is 35.5. The Bertz CT molecular complexity index is 524. The third kappa shape index (κ3) is 4.84. The van der Waals surface area contributed by atoms with Crippen molar-refractivity contribution in [3.05, 3.63) is 43.7 Å². The summed E-state index contributed by atoms with van der Waals surface area (Å²) < 4.78 is 0.798. The Hall–Kier alpha value is -0.490. The van der Waals surface area contributed by atoms with Crippen LogP contribution in [-0.4, -0.2) is 11.7 Å². The number of carbonyl (C=O) groups is 1. The highest BCUT2D eigenvalue weighted by Crippen LogP contribution is 2.25. The van der Waals surface area contributed by atoms with Gasteiger partial charge in [-0.05, 0) is 30.5 Å². The second kappa shape index (κ2) is 7.33. The van der Waals surface area contributed by atoms with E-state index in [1.54, 1.807) is 34.4 Å². The summed E-state index contributed by atoms with van der Waals surface area (Å²) in [6, 6.07) is 8.02. The van der Waals surface area contributed by atoms with E-state index in [4.69, 9.17) is 11.6 Å². The molecule has 0 radical (unpaired) electrons. The van der Waals surface area contributed by atoms with Crippen LogP contribution in [0.5, 0.6) is 0 Å². The van der Waals surface area contributed by atoms with Gasteiger partial charge in [-0.3, -0.25) is 4.79 Å². The first-order chi connectivity index (χ1) is 9.15. The number of hydrogen-bond donors (Lipinski definition) is 1. The van der Waals surface area contributed by atoms with Gasteiger partial charge in [0.2, 0.25) is 5.91 Å². The predicted molar refractivity (Wildman–Crippen MR) is 86.4 cm³/mol. The SMILES string of the molecule is CC(NC(=O)CSCc1ccc(Cl)s1)c1cccs1. The van der Waals surface area contributed by atoms with Gasteiger partial charge < -0.3 is 5.32 Å². The zero-order chi connectivity index (χ0) is 13.7. The fourth-order valence-corrected chi connectivity index (χ4v) is 4.34. The number of thioether (sulfide) groups is 1. The minimum atomic E-state index is 0.0774. The van der Waals surface area contributed by atoms with Gasteiger partial charge in [-0.15, -0.1) is 34.4 Å². The third-order valence-corrected chi connectivity index (χ3v) is 5.90. The molecule has 0 aliphatic carbocycles. The molecule has 1 amide bonds. The zero-order valence-electron chi connectivity index (χ0n) is 10.4. The van der Waals surface area contributed by atoms with Crippen LogP contribution in [0, 0.1) is 0 Å². The number of nitrogens with one attached hydrogen (secondary N) is 1. The van der Waals surface area contributed by atoms with Crippen molar-refractivity contribution in [2.75, 3.05) is 5.75 Å². The lowest BCUT2D eigenvalue weighted by atomic mass is 10.3. The lowest BCUT2D eigenvalue weighted by Gasteiger charge is -2.11. The number of halogens is 1. The molecule has 2 aromatic heterocycles. The van der Waals surface area contributed by atoms with E-state index in [2.05, 4.69) is 5.32 Å². The van der Waals surface area contributed by atoms with Gasteiger partial charge in [-0.1, -0.05) is 17.7 Å². The summed E-state index contributed by atoms with van der Waals surface area (Å²) >= 11 is 10.7. The predicted octanol–water partition coefficient (Wildman–Crippen LogP) is 4.57. The number of amides is 1. The van der Waals surface area contributed by atoms with Gasteiger partial charge in [0.25, 0.3) is 0 Å². The van der Waals surface area contributed by atoms with Crippen molar-refractivity contribution >= 4 is 51.9 Å². The maximum absolute atomic E-state index is 11.8. The van der Waals surface area contributed by atoms with Gasteiger partial charge in [0.1, 0.15) is 0 Å². The summed E-state index contributed by atoms with van der Waals surface area (Å²) in [5, 5.41) is 5.02. The van der Waals surface area contributed by atoms with E-state index in [1.807, 2.05) is 36.6 Å².